The SMILES string of the molecule is CCC(C)(C(N)c1cc2cc(Cl)ccc2o1)N(C)C. The predicted octanol–water partition coefficient (Wildman–Crippen LogP) is 3.82. The third-order valence-electron chi connectivity index (χ3n) is 4.21. The Bertz CT molecular complexity index is 579. The summed E-state index contributed by atoms with van der Waals surface area (Å²) < 4.78 is 5.87. The topological polar surface area (TPSA) is 42.4 Å². The summed E-state index contributed by atoms with van der Waals surface area (Å²) in [6.07, 6.45) is 0.943. The van der Waals surface area contributed by atoms with Gasteiger partial charge < -0.3 is 15.1 Å². The number of benzene rings is 1. The van der Waals surface area contributed by atoms with Gasteiger partial charge in [-0.1, -0.05) is 18.5 Å². The van der Waals surface area contributed by atoms with Gasteiger partial charge in [-0.15, -0.1) is 0 Å². The zero-order chi connectivity index (χ0) is 14.2. The number of furan rings is 1. The average Bonchev–Trinajstić information content (AvgIpc) is 2.79. The van der Waals surface area contributed by atoms with E-state index < -0.39 is 0 Å². The lowest BCUT2D eigenvalue weighted by Gasteiger charge is -2.39. The maximum atomic E-state index is 6.42. The molecule has 0 aliphatic rings. The molecule has 0 aliphatic carbocycles. The molecule has 0 amide bonds. The fraction of sp³-hybridized carbons (Fsp3) is 0.467. The Kier molecular flexibility index (Phi) is 3.90. The largest absolute Gasteiger partial charge is 0.459 e. The van der Waals surface area contributed by atoms with Crippen LogP contribution in [-0.2, 0) is 0 Å². The van der Waals surface area contributed by atoms with Gasteiger partial charge in [0.2, 0.25) is 0 Å². The first-order valence-corrected chi connectivity index (χ1v) is 6.88. The van der Waals surface area contributed by atoms with E-state index in [9.17, 15) is 0 Å². The van der Waals surface area contributed by atoms with Crippen molar-refractivity contribution >= 4 is 22.6 Å². The van der Waals surface area contributed by atoms with Crippen LogP contribution in [0, 0.1) is 0 Å². The van der Waals surface area contributed by atoms with Crippen LogP contribution < -0.4 is 5.73 Å². The second-order valence-corrected chi connectivity index (χ2v) is 5.85. The first-order valence-electron chi connectivity index (χ1n) is 6.50. The van der Waals surface area contributed by atoms with E-state index in [1.807, 2.05) is 38.4 Å². The van der Waals surface area contributed by atoms with Gasteiger partial charge in [0, 0.05) is 15.9 Å². The van der Waals surface area contributed by atoms with E-state index in [0.717, 1.165) is 23.2 Å². The van der Waals surface area contributed by atoms with Crippen molar-refractivity contribution in [1.29, 1.82) is 0 Å². The highest BCUT2D eigenvalue weighted by atomic mass is 35.5. The molecule has 0 spiro atoms. The molecular weight excluding hydrogens is 260 g/mol. The quantitative estimate of drug-likeness (QED) is 0.926. The zero-order valence-electron chi connectivity index (χ0n) is 11.9. The van der Waals surface area contributed by atoms with Crippen molar-refractivity contribution in [3.05, 3.63) is 35.0 Å². The highest BCUT2D eigenvalue weighted by molar-refractivity contribution is 6.31. The van der Waals surface area contributed by atoms with Crippen LogP contribution >= 0.6 is 11.6 Å². The number of fused-ring (bicyclic) bond motifs is 1. The van der Waals surface area contributed by atoms with Crippen LogP contribution in [-0.4, -0.2) is 24.5 Å². The Labute approximate surface area is 119 Å². The molecule has 2 atom stereocenters. The number of hydrogen-bond acceptors (Lipinski definition) is 3. The van der Waals surface area contributed by atoms with Gasteiger partial charge in [-0.25, -0.2) is 0 Å². The molecule has 0 fully saturated rings. The zero-order valence-corrected chi connectivity index (χ0v) is 12.7. The number of likely N-dealkylation sites (N-methyl/N-ethyl adjacent to an activating group) is 1. The van der Waals surface area contributed by atoms with E-state index in [1.54, 1.807) is 0 Å². The number of hydrogen-bond donors (Lipinski definition) is 1. The molecular formula is C15H21ClN2O. The highest BCUT2D eigenvalue weighted by Gasteiger charge is 2.35. The van der Waals surface area contributed by atoms with Gasteiger partial charge in [-0.05, 0) is 51.7 Å². The van der Waals surface area contributed by atoms with Gasteiger partial charge in [0.25, 0.3) is 0 Å². The monoisotopic (exact) mass is 280 g/mol. The molecule has 2 rings (SSSR count). The molecule has 0 aliphatic heterocycles. The third-order valence-corrected chi connectivity index (χ3v) is 4.45. The molecule has 4 heteroatoms. The summed E-state index contributed by atoms with van der Waals surface area (Å²) >= 11 is 5.99. The number of nitrogens with zero attached hydrogens (tertiary/aromatic N) is 1. The molecule has 3 nitrogen and oxygen atoms in total. The second-order valence-electron chi connectivity index (χ2n) is 5.41. The summed E-state index contributed by atoms with van der Waals surface area (Å²) in [4.78, 5) is 2.15. The minimum atomic E-state index is -0.182. The van der Waals surface area contributed by atoms with E-state index in [0.29, 0.717) is 5.02 Å². The Morgan fingerprint density at radius 2 is 2.05 bits per heavy atom. The van der Waals surface area contributed by atoms with E-state index in [2.05, 4.69) is 18.7 Å². The van der Waals surface area contributed by atoms with Crippen molar-refractivity contribution in [3.8, 4) is 0 Å². The average molecular weight is 281 g/mol. The molecule has 2 N–H and O–H groups in total. The van der Waals surface area contributed by atoms with Crippen LogP contribution in [0.3, 0.4) is 0 Å². The van der Waals surface area contributed by atoms with Crippen molar-refractivity contribution in [2.75, 3.05) is 14.1 Å². The summed E-state index contributed by atoms with van der Waals surface area (Å²) in [5, 5.41) is 1.70. The van der Waals surface area contributed by atoms with Crippen LogP contribution in [0.5, 0.6) is 0 Å². The summed E-state index contributed by atoms with van der Waals surface area (Å²) in [7, 11) is 4.09. The first kappa shape index (κ1) is 14.4. The van der Waals surface area contributed by atoms with Crippen molar-refractivity contribution < 1.29 is 4.42 Å². The van der Waals surface area contributed by atoms with Crippen molar-refractivity contribution in [2.45, 2.75) is 31.8 Å². The van der Waals surface area contributed by atoms with Crippen LogP contribution in [0.25, 0.3) is 11.0 Å². The fourth-order valence-corrected chi connectivity index (χ4v) is 2.49. The molecule has 2 aromatic rings. The molecule has 0 bridgehead atoms. The molecule has 1 heterocycles. The van der Waals surface area contributed by atoms with E-state index >= 15 is 0 Å². The number of nitrogens with two attached hydrogens (primary N) is 1. The van der Waals surface area contributed by atoms with Gasteiger partial charge in [0.1, 0.15) is 11.3 Å². The molecule has 0 saturated carbocycles. The fourth-order valence-electron chi connectivity index (χ4n) is 2.31. The summed E-state index contributed by atoms with van der Waals surface area (Å²) in [5.74, 6) is 0.801. The Hall–Kier alpha value is -1.03. The minimum Gasteiger partial charge on any atom is -0.459 e. The van der Waals surface area contributed by atoms with Gasteiger partial charge >= 0.3 is 0 Å². The lowest BCUT2D eigenvalue weighted by molar-refractivity contribution is 0.122. The van der Waals surface area contributed by atoms with Crippen molar-refractivity contribution in [2.24, 2.45) is 5.73 Å². The molecule has 1 aromatic carbocycles. The second kappa shape index (κ2) is 5.16. The predicted molar refractivity (Wildman–Crippen MR) is 80.5 cm³/mol. The van der Waals surface area contributed by atoms with Gasteiger partial charge in [-0.2, -0.15) is 0 Å². The van der Waals surface area contributed by atoms with E-state index in [4.69, 9.17) is 21.8 Å². The smallest absolute Gasteiger partial charge is 0.134 e. The van der Waals surface area contributed by atoms with Gasteiger partial charge in [-0.3, -0.25) is 0 Å². The Morgan fingerprint density at radius 3 is 2.63 bits per heavy atom. The number of halogens is 1. The third kappa shape index (κ3) is 2.50. The minimum absolute atomic E-state index is 0.141. The molecule has 19 heavy (non-hydrogen) atoms. The molecule has 2 unspecified atom stereocenters. The first-order chi connectivity index (χ1) is 8.88. The van der Waals surface area contributed by atoms with E-state index in [-0.39, 0.29) is 11.6 Å². The standard InChI is InChI=1S/C15H21ClN2O/c1-5-15(2,18(3)4)14(17)13-9-10-8-11(16)6-7-12(10)19-13/h6-9,14H,5,17H2,1-4H3. The molecule has 0 saturated heterocycles. The van der Waals surface area contributed by atoms with Gasteiger partial charge in [0.15, 0.2) is 0 Å². The van der Waals surface area contributed by atoms with Crippen molar-refractivity contribution in [1.82, 2.24) is 4.90 Å². The van der Waals surface area contributed by atoms with Crippen LogP contribution in [0.4, 0.5) is 0 Å². The summed E-state index contributed by atoms with van der Waals surface area (Å²) in [6.45, 7) is 4.29. The number of rotatable bonds is 4. The normalized spacial score (nSPS) is 16.8. The Morgan fingerprint density at radius 1 is 1.37 bits per heavy atom. The lowest BCUT2D eigenvalue weighted by atomic mass is 9.87. The highest BCUT2D eigenvalue weighted by Crippen LogP contribution is 2.34. The summed E-state index contributed by atoms with van der Waals surface area (Å²) in [6, 6.07) is 7.41. The molecule has 104 valence electrons. The van der Waals surface area contributed by atoms with Crippen molar-refractivity contribution in [3.63, 3.8) is 0 Å². The maximum absolute atomic E-state index is 6.42. The lowest BCUT2D eigenvalue weighted by Crippen LogP contribution is -2.49. The van der Waals surface area contributed by atoms with Crippen LogP contribution in [0.2, 0.25) is 5.02 Å². The summed E-state index contributed by atoms with van der Waals surface area (Å²) in [5.41, 5.74) is 7.10. The molecule has 0 radical (unpaired) electrons. The molecule has 1 aromatic heterocycles. The van der Waals surface area contributed by atoms with Crippen LogP contribution in [0.15, 0.2) is 28.7 Å². The van der Waals surface area contributed by atoms with E-state index in [1.165, 1.54) is 0 Å². The van der Waals surface area contributed by atoms with Crippen LogP contribution in [0.1, 0.15) is 32.1 Å². The maximum Gasteiger partial charge on any atom is 0.134 e. The van der Waals surface area contributed by atoms with Gasteiger partial charge in [0.05, 0.1) is 6.04 Å². The Balaban J connectivity index is 2.43.